The fourth-order valence-electron chi connectivity index (χ4n) is 4.82. The third-order valence-corrected chi connectivity index (χ3v) is 7.37. The Bertz CT molecular complexity index is 1020. The van der Waals surface area contributed by atoms with Gasteiger partial charge in [0.25, 0.3) is 0 Å². The summed E-state index contributed by atoms with van der Waals surface area (Å²) in [4.78, 5) is 71.5. The molecule has 0 bridgehead atoms. The van der Waals surface area contributed by atoms with Crippen LogP contribution in [0.2, 0.25) is 0 Å². The minimum absolute atomic E-state index is 0.0426. The first-order valence-corrected chi connectivity index (χ1v) is 18.9. The van der Waals surface area contributed by atoms with E-state index in [1.807, 2.05) is 20.8 Å². The summed E-state index contributed by atoms with van der Waals surface area (Å²) < 4.78 is 21.9. The maximum absolute atomic E-state index is 12.4. The van der Waals surface area contributed by atoms with Gasteiger partial charge in [-0.1, -0.05) is 25.7 Å². The van der Waals surface area contributed by atoms with Gasteiger partial charge in [0.2, 0.25) is 11.8 Å². The Balaban J connectivity index is 3.65. The van der Waals surface area contributed by atoms with Gasteiger partial charge >= 0.3 is 17.9 Å². The van der Waals surface area contributed by atoms with E-state index in [1.165, 1.54) is 0 Å². The molecule has 0 fully saturated rings. The van der Waals surface area contributed by atoms with Gasteiger partial charge in [0.05, 0.1) is 0 Å². The lowest BCUT2D eigenvalue weighted by atomic mass is 10.1. The molecule has 0 heterocycles. The number of aliphatic carboxylic acids is 1. The highest BCUT2D eigenvalue weighted by Crippen LogP contribution is 2.14. The van der Waals surface area contributed by atoms with Crippen molar-refractivity contribution in [3.05, 3.63) is 0 Å². The number of nitrogens with one attached hydrogen (secondary N) is 2. The zero-order chi connectivity index (χ0) is 38.5. The molecule has 0 saturated carbocycles. The van der Waals surface area contributed by atoms with E-state index in [0.717, 1.165) is 64.2 Å². The van der Waals surface area contributed by atoms with Gasteiger partial charge in [0, 0.05) is 71.5 Å². The smallest absolute Gasteiger partial charge is 0.329 e. The van der Waals surface area contributed by atoms with Crippen LogP contribution in [0.3, 0.4) is 0 Å². The van der Waals surface area contributed by atoms with E-state index in [2.05, 4.69) is 10.6 Å². The highest BCUT2D eigenvalue weighted by Gasteiger charge is 2.27. The number of carboxylic acid groups (broad SMARTS) is 1. The molecule has 0 spiro atoms. The number of hydrogen-bond acceptors (Lipinski definition) is 10. The SMILES string of the molecule is CC(C)(C)OC(=O)CCCCCCCCC(=O)NCCCOCCCCOCCCCC(=O)CCC(=O)N[C@@H](CCC(=O)O)C(=O)OC(C)(C)C. The predicted octanol–water partition coefficient (Wildman–Crippen LogP) is 5.98. The number of amides is 2. The van der Waals surface area contributed by atoms with E-state index < -0.39 is 35.1 Å². The molecule has 0 saturated heterocycles. The summed E-state index contributed by atoms with van der Waals surface area (Å²) in [6.45, 7) is 13.7. The molecule has 0 aromatic rings. The van der Waals surface area contributed by atoms with Gasteiger partial charge in [-0.3, -0.25) is 24.0 Å². The third-order valence-electron chi connectivity index (χ3n) is 7.37. The maximum atomic E-state index is 12.4. The molecule has 0 aromatic carbocycles. The van der Waals surface area contributed by atoms with E-state index in [0.29, 0.717) is 58.7 Å². The highest BCUT2D eigenvalue weighted by molar-refractivity contribution is 5.88. The van der Waals surface area contributed by atoms with Crippen LogP contribution < -0.4 is 10.6 Å². The van der Waals surface area contributed by atoms with Crippen LogP contribution in [-0.4, -0.2) is 90.8 Å². The highest BCUT2D eigenvalue weighted by atomic mass is 16.6. The average molecular weight is 729 g/mol. The van der Waals surface area contributed by atoms with Crippen molar-refractivity contribution >= 4 is 35.5 Å². The molecule has 3 N–H and O–H groups in total. The zero-order valence-electron chi connectivity index (χ0n) is 32.4. The van der Waals surface area contributed by atoms with Crippen molar-refractivity contribution in [3.8, 4) is 0 Å². The molecule has 13 heteroatoms. The van der Waals surface area contributed by atoms with E-state index in [-0.39, 0.29) is 43.3 Å². The van der Waals surface area contributed by atoms with Crippen molar-refractivity contribution in [1.29, 1.82) is 0 Å². The van der Waals surface area contributed by atoms with Gasteiger partial charge in [-0.05, 0) is 92.9 Å². The molecule has 0 rings (SSSR count). The van der Waals surface area contributed by atoms with Crippen LogP contribution >= 0.6 is 0 Å². The first kappa shape index (κ1) is 47.9. The quantitative estimate of drug-likeness (QED) is 0.0564. The number of unbranched alkanes of at least 4 members (excludes halogenated alkanes) is 7. The van der Waals surface area contributed by atoms with Gasteiger partial charge < -0.3 is 34.7 Å². The summed E-state index contributed by atoms with van der Waals surface area (Å²) >= 11 is 0. The number of Topliss-reactive ketones (excluding diaryl/α,β-unsaturated/α-hetero) is 1. The second-order valence-corrected chi connectivity index (χ2v) is 14.9. The van der Waals surface area contributed by atoms with Crippen molar-refractivity contribution in [2.75, 3.05) is 33.0 Å². The Morgan fingerprint density at radius 3 is 1.63 bits per heavy atom. The van der Waals surface area contributed by atoms with Crippen LogP contribution in [0.1, 0.15) is 157 Å². The molecule has 0 aliphatic carbocycles. The van der Waals surface area contributed by atoms with Gasteiger partial charge in [-0.2, -0.15) is 0 Å². The van der Waals surface area contributed by atoms with Crippen molar-refractivity contribution < 1.29 is 52.8 Å². The first-order chi connectivity index (χ1) is 24.0. The van der Waals surface area contributed by atoms with Crippen molar-refractivity contribution in [1.82, 2.24) is 10.6 Å². The molecule has 51 heavy (non-hydrogen) atoms. The molecule has 0 aliphatic rings. The third kappa shape index (κ3) is 33.8. The number of rotatable bonds is 31. The van der Waals surface area contributed by atoms with E-state index in [9.17, 15) is 28.8 Å². The van der Waals surface area contributed by atoms with Crippen LogP contribution in [0.15, 0.2) is 0 Å². The molecule has 0 radical (unpaired) electrons. The first-order valence-electron chi connectivity index (χ1n) is 18.9. The molecule has 0 aliphatic heterocycles. The van der Waals surface area contributed by atoms with Gasteiger partial charge in [0.15, 0.2) is 0 Å². The van der Waals surface area contributed by atoms with Gasteiger partial charge in [-0.15, -0.1) is 0 Å². The molecular formula is C38H68N2O11. The van der Waals surface area contributed by atoms with Crippen LogP contribution in [0.5, 0.6) is 0 Å². The molecular weight excluding hydrogens is 660 g/mol. The van der Waals surface area contributed by atoms with Crippen LogP contribution in [0, 0.1) is 0 Å². The largest absolute Gasteiger partial charge is 0.481 e. The number of carbonyl (C=O) groups is 6. The number of ketones is 1. The Kier molecular flexibility index (Phi) is 26.8. The summed E-state index contributed by atoms with van der Waals surface area (Å²) in [7, 11) is 0. The second kappa shape index (κ2) is 28.5. The summed E-state index contributed by atoms with van der Waals surface area (Å²) in [5.41, 5.74) is -1.21. The van der Waals surface area contributed by atoms with Crippen molar-refractivity contribution in [2.24, 2.45) is 0 Å². The molecule has 0 unspecified atom stereocenters. The summed E-state index contributed by atoms with van der Waals surface area (Å²) in [5.74, 6) is -2.40. The van der Waals surface area contributed by atoms with E-state index in [4.69, 9.17) is 24.1 Å². The normalized spacial score (nSPS) is 12.2. The molecule has 0 aromatic heterocycles. The lowest BCUT2D eigenvalue weighted by Crippen LogP contribution is -2.44. The summed E-state index contributed by atoms with van der Waals surface area (Å²) in [5, 5.41) is 14.4. The Labute approximate surface area is 306 Å². The van der Waals surface area contributed by atoms with Crippen LogP contribution in [0.25, 0.3) is 0 Å². The summed E-state index contributed by atoms with van der Waals surface area (Å²) in [6, 6.07) is -1.08. The molecule has 2 amide bonds. The van der Waals surface area contributed by atoms with Crippen LogP contribution in [-0.2, 0) is 47.7 Å². The lowest BCUT2D eigenvalue weighted by Gasteiger charge is -2.24. The zero-order valence-corrected chi connectivity index (χ0v) is 32.4. The number of esters is 2. The van der Waals surface area contributed by atoms with Crippen LogP contribution in [0.4, 0.5) is 0 Å². The minimum atomic E-state index is -1.09. The van der Waals surface area contributed by atoms with Crippen molar-refractivity contribution in [2.45, 2.75) is 174 Å². The number of carboxylic acids is 1. The number of hydrogen-bond donors (Lipinski definition) is 3. The van der Waals surface area contributed by atoms with Gasteiger partial charge in [0.1, 0.15) is 23.0 Å². The predicted molar refractivity (Wildman–Crippen MR) is 194 cm³/mol. The molecule has 1 atom stereocenters. The number of ether oxygens (including phenoxy) is 4. The van der Waals surface area contributed by atoms with Crippen molar-refractivity contribution in [3.63, 3.8) is 0 Å². The molecule has 13 nitrogen and oxygen atoms in total. The second-order valence-electron chi connectivity index (χ2n) is 14.9. The Morgan fingerprint density at radius 1 is 0.549 bits per heavy atom. The lowest BCUT2D eigenvalue weighted by molar-refractivity contribution is -0.159. The standard InChI is InChI=1S/C38H68N2O11/c1-37(2,3)50-35(46)20-12-10-8-7-9-11-19-32(42)39-25-17-29-49-28-16-15-27-48-26-14-13-18-30(41)21-23-33(43)40-31(22-24-34(44)45)36(47)51-38(4,5)6/h31H,7-29H2,1-6H3,(H,39,42)(H,40,43)(H,44,45)/t31-/m0/s1. The van der Waals surface area contributed by atoms with Gasteiger partial charge in [-0.25, -0.2) is 4.79 Å². The number of carbonyl (C=O) groups excluding carboxylic acids is 5. The summed E-state index contributed by atoms with van der Waals surface area (Å²) in [6.07, 6.45) is 10.6. The Morgan fingerprint density at radius 2 is 1.06 bits per heavy atom. The fraction of sp³-hybridized carbons (Fsp3) is 0.842. The Hall–Kier alpha value is -3.06. The van der Waals surface area contributed by atoms with E-state index >= 15 is 0 Å². The topological polar surface area (TPSA) is 184 Å². The van der Waals surface area contributed by atoms with E-state index in [1.54, 1.807) is 20.8 Å². The average Bonchev–Trinajstić information content (AvgIpc) is 3.01. The maximum Gasteiger partial charge on any atom is 0.329 e. The minimum Gasteiger partial charge on any atom is -0.481 e. The monoisotopic (exact) mass is 728 g/mol. The fourth-order valence-corrected chi connectivity index (χ4v) is 4.82. The molecule has 296 valence electrons.